The minimum atomic E-state index is -3.84. The van der Waals surface area contributed by atoms with Crippen molar-refractivity contribution in [3.63, 3.8) is 0 Å². The molecule has 2 heterocycles. The lowest BCUT2D eigenvalue weighted by molar-refractivity contribution is 0.0881. The fourth-order valence-corrected chi connectivity index (χ4v) is 7.30. The van der Waals surface area contributed by atoms with E-state index in [0.29, 0.717) is 30.8 Å². The lowest BCUT2D eigenvalue weighted by Gasteiger charge is -2.17. The Balaban J connectivity index is 1.62. The number of hydrogen-bond donors (Lipinski definition) is 0. The number of fused-ring (bicyclic) bond motifs is 2. The predicted octanol–water partition coefficient (Wildman–Crippen LogP) is 7.26. The number of rotatable bonds is 10. The maximum Gasteiger partial charge on any atom is 0.268 e. The Morgan fingerprint density at radius 2 is 1.81 bits per heavy atom. The molecule has 7 nitrogen and oxygen atoms in total. The molecule has 0 amide bonds. The van der Waals surface area contributed by atoms with Crippen LogP contribution in [0.2, 0.25) is 25.7 Å². The number of hydrogen-bond acceptors (Lipinski definition) is 5. The Bertz CT molecular complexity index is 1960. The van der Waals surface area contributed by atoms with Crippen LogP contribution in [-0.4, -0.2) is 36.6 Å². The topological polar surface area (TPSA) is 89.9 Å². The molecular formula is C33H36N4O3SSi. The van der Waals surface area contributed by atoms with Gasteiger partial charge in [0.25, 0.3) is 10.0 Å². The monoisotopic (exact) mass is 596 g/mol. The van der Waals surface area contributed by atoms with E-state index in [1.54, 1.807) is 42.6 Å². The Kier molecular flexibility index (Phi) is 7.99. The third-order valence-electron chi connectivity index (χ3n) is 7.60. The van der Waals surface area contributed by atoms with Gasteiger partial charge in [0.1, 0.15) is 12.6 Å². The van der Waals surface area contributed by atoms with Gasteiger partial charge in [-0.25, -0.2) is 17.4 Å². The van der Waals surface area contributed by atoms with Crippen molar-refractivity contribution in [2.75, 3.05) is 6.61 Å². The molecule has 0 bridgehead atoms. The van der Waals surface area contributed by atoms with Crippen molar-refractivity contribution < 1.29 is 13.2 Å². The quantitative estimate of drug-likeness (QED) is 0.125. The highest BCUT2D eigenvalue weighted by Crippen LogP contribution is 2.33. The average molecular weight is 597 g/mol. The van der Waals surface area contributed by atoms with Crippen molar-refractivity contribution in [1.82, 2.24) is 13.5 Å². The van der Waals surface area contributed by atoms with Crippen LogP contribution in [-0.2, 0) is 27.9 Å². The normalized spacial score (nSPS) is 12.2. The maximum absolute atomic E-state index is 13.8. The molecule has 216 valence electrons. The standard InChI is InChI=1S/C33H36N4O3SSi/c1-7-26-18-24(3)29(28-14-15-37(33(26)28)41(38,39)27-11-8-23(2)9-12-27)20-32-35-30-13-10-25(21-34)19-31(30)36(32)22-40-16-17-42(4,5)6/h7-15,18-19H,1,16-17,20,22H2,2-6H3. The molecule has 0 aliphatic rings. The van der Waals surface area contributed by atoms with E-state index in [2.05, 4.69) is 32.3 Å². The molecule has 0 fully saturated rings. The van der Waals surface area contributed by atoms with E-state index < -0.39 is 18.1 Å². The molecule has 0 atom stereocenters. The summed E-state index contributed by atoms with van der Waals surface area (Å²) in [7, 11) is -5.10. The van der Waals surface area contributed by atoms with E-state index in [0.717, 1.165) is 50.5 Å². The Labute approximate surface area is 248 Å². The van der Waals surface area contributed by atoms with Crippen LogP contribution in [0.3, 0.4) is 0 Å². The Hall–Kier alpha value is -3.97. The van der Waals surface area contributed by atoms with Gasteiger partial charge in [-0.2, -0.15) is 5.26 Å². The van der Waals surface area contributed by atoms with Gasteiger partial charge in [-0.05, 0) is 79.0 Å². The molecular weight excluding hydrogens is 561 g/mol. The highest BCUT2D eigenvalue weighted by molar-refractivity contribution is 7.90. The first-order valence-electron chi connectivity index (χ1n) is 14.0. The second-order valence-corrected chi connectivity index (χ2v) is 19.4. The minimum absolute atomic E-state index is 0.230. The van der Waals surface area contributed by atoms with Crippen molar-refractivity contribution in [3.05, 3.63) is 101 Å². The minimum Gasteiger partial charge on any atom is -0.361 e. The van der Waals surface area contributed by atoms with Gasteiger partial charge in [-0.15, -0.1) is 0 Å². The zero-order chi connectivity index (χ0) is 30.2. The predicted molar refractivity (Wildman–Crippen MR) is 172 cm³/mol. The molecule has 5 aromatic rings. The molecule has 0 spiro atoms. The van der Waals surface area contributed by atoms with Gasteiger partial charge in [-0.3, -0.25) is 0 Å². The summed E-state index contributed by atoms with van der Waals surface area (Å²) in [6, 6.07) is 19.5. The van der Waals surface area contributed by atoms with Crippen molar-refractivity contribution in [2.45, 2.75) is 57.6 Å². The zero-order valence-corrected chi connectivity index (χ0v) is 26.6. The first-order valence-corrected chi connectivity index (χ1v) is 19.1. The summed E-state index contributed by atoms with van der Waals surface area (Å²) < 4.78 is 37.1. The first kappa shape index (κ1) is 29.5. The van der Waals surface area contributed by atoms with Crippen LogP contribution in [0, 0.1) is 25.2 Å². The van der Waals surface area contributed by atoms with Crippen LogP contribution in [0.5, 0.6) is 0 Å². The SMILES string of the molecule is C=Cc1cc(C)c(Cc2nc3ccc(C#N)cc3n2COCC[Si](C)(C)C)c2ccn(S(=O)(=O)c3ccc(C)cc3)c12. The van der Waals surface area contributed by atoms with Crippen molar-refractivity contribution >= 4 is 46.1 Å². The highest BCUT2D eigenvalue weighted by atomic mass is 32.2. The lowest BCUT2D eigenvalue weighted by Crippen LogP contribution is -2.22. The molecule has 2 aromatic heterocycles. The molecule has 0 aliphatic carbocycles. The number of benzene rings is 3. The molecule has 9 heteroatoms. The van der Waals surface area contributed by atoms with E-state index in [1.807, 2.05) is 42.7 Å². The fourth-order valence-electron chi connectivity index (χ4n) is 5.17. The number of ether oxygens (including phenoxy) is 1. The molecule has 3 aromatic carbocycles. The van der Waals surface area contributed by atoms with Crippen LogP contribution in [0.25, 0.3) is 28.0 Å². The largest absolute Gasteiger partial charge is 0.361 e. The number of nitrogens with zero attached hydrogens (tertiary/aromatic N) is 4. The van der Waals surface area contributed by atoms with Gasteiger partial charge in [0.2, 0.25) is 0 Å². The molecule has 0 N–H and O–H groups in total. The molecule has 42 heavy (non-hydrogen) atoms. The number of imidazole rings is 1. The molecule has 0 unspecified atom stereocenters. The van der Waals surface area contributed by atoms with Crippen LogP contribution in [0.1, 0.15) is 33.6 Å². The van der Waals surface area contributed by atoms with Gasteiger partial charge >= 0.3 is 0 Å². The van der Waals surface area contributed by atoms with Gasteiger partial charge in [0.05, 0.1) is 33.1 Å². The van der Waals surface area contributed by atoms with Crippen molar-refractivity contribution in [3.8, 4) is 6.07 Å². The van der Waals surface area contributed by atoms with Crippen LogP contribution >= 0.6 is 0 Å². The summed E-state index contributed by atoms with van der Waals surface area (Å²) in [5.41, 5.74) is 6.50. The van der Waals surface area contributed by atoms with Crippen LogP contribution in [0.15, 0.2) is 72.3 Å². The Morgan fingerprint density at radius 3 is 2.48 bits per heavy atom. The van der Waals surface area contributed by atoms with E-state index in [4.69, 9.17) is 9.72 Å². The van der Waals surface area contributed by atoms with Gasteiger partial charge in [0, 0.05) is 32.7 Å². The van der Waals surface area contributed by atoms with Crippen molar-refractivity contribution in [2.24, 2.45) is 0 Å². The third-order valence-corrected chi connectivity index (χ3v) is 11.0. The van der Waals surface area contributed by atoms with Gasteiger partial charge < -0.3 is 9.30 Å². The smallest absolute Gasteiger partial charge is 0.268 e. The molecule has 5 rings (SSSR count). The van der Waals surface area contributed by atoms with E-state index in [1.165, 1.54) is 3.97 Å². The van der Waals surface area contributed by atoms with Crippen LogP contribution < -0.4 is 0 Å². The third kappa shape index (κ3) is 5.70. The molecule has 0 saturated heterocycles. The fraction of sp³-hybridized carbons (Fsp3) is 0.273. The summed E-state index contributed by atoms with van der Waals surface area (Å²) in [5, 5.41) is 10.4. The van der Waals surface area contributed by atoms with Crippen molar-refractivity contribution in [1.29, 1.82) is 5.26 Å². The van der Waals surface area contributed by atoms with E-state index in [-0.39, 0.29) is 4.90 Å². The summed E-state index contributed by atoms with van der Waals surface area (Å²) >= 11 is 0. The molecule has 0 radical (unpaired) electrons. The number of nitriles is 1. The zero-order valence-electron chi connectivity index (χ0n) is 24.8. The van der Waals surface area contributed by atoms with Gasteiger partial charge in [0.15, 0.2) is 0 Å². The summed E-state index contributed by atoms with van der Waals surface area (Å²) in [4.78, 5) is 5.18. The summed E-state index contributed by atoms with van der Waals surface area (Å²) in [5.74, 6) is 0.790. The molecule has 0 aliphatic heterocycles. The van der Waals surface area contributed by atoms with E-state index >= 15 is 0 Å². The first-order chi connectivity index (χ1) is 19.9. The summed E-state index contributed by atoms with van der Waals surface area (Å²) in [6.07, 6.45) is 3.78. The molecule has 0 saturated carbocycles. The Morgan fingerprint density at radius 1 is 1.07 bits per heavy atom. The number of aromatic nitrogens is 3. The maximum atomic E-state index is 13.8. The average Bonchev–Trinajstić information content (AvgIpc) is 3.54. The van der Waals surface area contributed by atoms with Gasteiger partial charge in [-0.1, -0.05) is 50.0 Å². The number of aryl methyl sites for hydroxylation is 2. The summed E-state index contributed by atoms with van der Waals surface area (Å²) in [6.45, 7) is 15.9. The van der Waals surface area contributed by atoms with Crippen LogP contribution in [0.4, 0.5) is 0 Å². The van der Waals surface area contributed by atoms with E-state index in [9.17, 15) is 13.7 Å². The second-order valence-electron chi connectivity index (χ2n) is 12.0. The lowest BCUT2D eigenvalue weighted by atomic mass is 9.97. The highest BCUT2D eigenvalue weighted by Gasteiger charge is 2.23. The second kappa shape index (κ2) is 11.4.